The molecule has 24 heavy (non-hydrogen) atoms. The summed E-state index contributed by atoms with van der Waals surface area (Å²) < 4.78 is 0. The summed E-state index contributed by atoms with van der Waals surface area (Å²) in [5.41, 5.74) is 8.39. The summed E-state index contributed by atoms with van der Waals surface area (Å²) >= 11 is 6.12. The van der Waals surface area contributed by atoms with Crippen LogP contribution in [-0.4, -0.2) is 32.1 Å². The van der Waals surface area contributed by atoms with Gasteiger partial charge in [0.25, 0.3) is 0 Å². The van der Waals surface area contributed by atoms with Crippen LogP contribution in [0.3, 0.4) is 0 Å². The molecule has 1 heterocycles. The lowest BCUT2D eigenvalue weighted by Gasteiger charge is -2.37. The lowest BCUT2D eigenvalue weighted by Crippen LogP contribution is -2.46. The van der Waals surface area contributed by atoms with Crippen LogP contribution < -0.4 is 15.5 Å². The summed E-state index contributed by atoms with van der Waals surface area (Å²) in [6, 6.07) is 15.0. The molecule has 2 N–H and O–H groups in total. The lowest BCUT2D eigenvalue weighted by molar-refractivity contribution is 0.100. The number of benzene rings is 2. The second kappa shape index (κ2) is 6.81. The van der Waals surface area contributed by atoms with Gasteiger partial charge in [-0.15, -0.1) is 0 Å². The number of carbonyl (C=O) groups excluding carboxylic acids is 1. The van der Waals surface area contributed by atoms with Gasteiger partial charge in [-0.2, -0.15) is 5.26 Å². The van der Waals surface area contributed by atoms with E-state index >= 15 is 0 Å². The van der Waals surface area contributed by atoms with Gasteiger partial charge in [-0.1, -0.05) is 11.6 Å². The van der Waals surface area contributed by atoms with Crippen molar-refractivity contribution in [1.29, 1.82) is 5.26 Å². The van der Waals surface area contributed by atoms with Gasteiger partial charge in [0.2, 0.25) is 5.91 Å². The largest absolute Gasteiger partial charge is 0.368 e. The zero-order valence-electron chi connectivity index (χ0n) is 13.1. The van der Waals surface area contributed by atoms with E-state index in [0.717, 1.165) is 37.6 Å². The third kappa shape index (κ3) is 3.29. The Labute approximate surface area is 145 Å². The zero-order chi connectivity index (χ0) is 17.1. The molecule has 1 aliphatic heterocycles. The zero-order valence-corrected chi connectivity index (χ0v) is 13.8. The van der Waals surface area contributed by atoms with Gasteiger partial charge in [-0.25, -0.2) is 0 Å². The molecule has 2 aromatic carbocycles. The molecule has 6 heteroatoms. The molecule has 0 unspecified atom stereocenters. The highest BCUT2D eigenvalue weighted by molar-refractivity contribution is 6.32. The fourth-order valence-electron chi connectivity index (χ4n) is 2.85. The maximum absolute atomic E-state index is 11.1. The molecule has 0 aliphatic carbocycles. The Morgan fingerprint density at radius 3 is 2.04 bits per heavy atom. The van der Waals surface area contributed by atoms with E-state index in [9.17, 15) is 4.79 Å². The fourth-order valence-corrected chi connectivity index (χ4v) is 3.07. The van der Waals surface area contributed by atoms with Crippen LogP contribution in [0, 0.1) is 11.3 Å². The first-order chi connectivity index (χ1) is 11.6. The number of nitrogens with two attached hydrogens (primary N) is 1. The van der Waals surface area contributed by atoms with E-state index in [-0.39, 0.29) is 0 Å². The normalized spacial score (nSPS) is 14.3. The van der Waals surface area contributed by atoms with Crippen LogP contribution in [0.1, 0.15) is 15.9 Å². The summed E-state index contributed by atoms with van der Waals surface area (Å²) in [5.74, 6) is -0.413. The summed E-state index contributed by atoms with van der Waals surface area (Å²) in [7, 11) is 0. The number of nitriles is 1. The Hall–Kier alpha value is -2.71. The maximum atomic E-state index is 11.1. The van der Waals surface area contributed by atoms with E-state index in [1.54, 1.807) is 18.2 Å². The highest BCUT2D eigenvalue weighted by Gasteiger charge is 2.18. The van der Waals surface area contributed by atoms with Crippen LogP contribution in [-0.2, 0) is 0 Å². The molecule has 1 fully saturated rings. The summed E-state index contributed by atoms with van der Waals surface area (Å²) in [6.45, 7) is 3.46. The van der Waals surface area contributed by atoms with E-state index in [4.69, 9.17) is 22.6 Å². The number of anilines is 2. The number of halogens is 1. The number of rotatable bonds is 3. The maximum Gasteiger partial charge on any atom is 0.248 e. The third-order valence-corrected chi connectivity index (χ3v) is 4.55. The molecular formula is C18H17ClN4O. The first-order valence-electron chi connectivity index (χ1n) is 7.68. The van der Waals surface area contributed by atoms with E-state index in [2.05, 4.69) is 15.9 Å². The van der Waals surface area contributed by atoms with Gasteiger partial charge in [-0.05, 0) is 42.5 Å². The molecule has 2 aromatic rings. The van der Waals surface area contributed by atoms with Crippen LogP contribution in [0.15, 0.2) is 42.5 Å². The Bertz CT molecular complexity index is 790. The van der Waals surface area contributed by atoms with Crippen molar-refractivity contribution in [3.63, 3.8) is 0 Å². The van der Waals surface area contributed by atoms with Crippen LogP contribution in [0.5, 0.6) is 0 Å². The van der Waals surface area contributed by atoms with Crippen LogP contribution in [0.25, 0.3) is 0 Å². The molecule has 0 saturated carbocycles. The minimum atomic E-state index is -0.413. The number of carbonyl (C=O) groups is 1. The molecule has 0 radical (unpaired) electrons. The van der Waals surface area contributed by atoms with Gasteiger partial charge in [0.15, 0.2) is 0 Å². The molecule has 0 spiro atoms. The molecule has 0 aromatic heterocycles. The number of hydrogen-bond acceptors (Lipinski definition) is 4. The molecule has 0 bridgehead atoms. The Kier molecular flexibility index (Phi) is 4.59. The van der Waals surface area contributed by atoms with E-state index in [0.29, 0.717) is 16.1 Å². The van der Waals surface area contributed by atoms with Gasteiger partial charge in [-0.3, -0.25) is 4.79 Å². The van der Waals surface area contributed by atoms with Crippen molar-refractivity contribution < 1.29 is 4.79 Å². The minimum absolute atomic E-state index is 0.413. The van der Waals surface area contributed by atoms with Crippen molar-refractivity contribution in [3.8, 4) is 6.07 Å². The van der Waals surface area contributed by atoms with Crippen LogP contribution >= 0.6 is 11.6 Å². The third-order valence-electron chi connectivity index (χ3n) is 4.23. The van der Waals surface area contributed by atoms with Crippen molar-refractivity contribution in [3.05, 3.63) is 58.6 Å². The van der Waals surface area contributed by atoms with Gasteiger partial charge >= 0.3 is 0 Å². The van der Waals surface area contributed by atoms with Gasteiger partial charge in [0, 0.05) is 43.1 Å². The van der Waals surface area contributed by atoms with Crippen LogP contribution in [0.4, 0.5) is 11.4 Å². The average Bonchev–Trinajstić information content (AvgIpc) is 2.62. The number of nitrogens with zero attached hydrogens (tertiary/aromatic N) is 3. The highest BCUT2D eigenvalue weighted by atomic mass is 35.5. The SMILES string of the molecule is N#Cc1ccc(N2CCN(c3ccc(C(N)=O)cc3)CC2)cc1Cl. The molecule has 122 valence electrons. The molecule has 1 aliphatic rings. The molecule has 1 amide bonds. The summed E-state index contributed by atoms with van der Waals surface area (Å²) in [5, 5.41) is 9.44. The number of primary amides is 1. The van der Waals surface area contributed by atoms with Gasteiger partial charge < -0.3 is 15.5 Å². The number of amides is 1. The molecule has 5 nitrogen and oxygen atoms in total. The molecule has 0 atom stereocenters. The fraction of sp³-hybridized carbons (Fsp3) is 0.222. The summed E-state index contributed by atoms with van der Waals surface area (Å²) in [6.07, 6.45) is 0. The van der Waals surface area contributed by atoms with Crippen molar-refractivity contribution in [2.45, 2.75) is 0 Å². The molecule has 3 rings (SSSR count). The second-order valence-corrected chi connectivity index (χ2v) is 6.07. The Balaban J connectivity index is 1.66. The standard InChI is InChI=1S/C18H17ClN4O/c19-17-11-16(6-3-14(17)12-20)23-9-7-22(8-10-23)15-4-1-13(2-5-15)18(21)24/h1-6,11H,7-10H2,(H2,21,24). The Morgan fingerprint density at radius 2 is 1.54 bits per heavy atom. The smallest absolute Gasteiger partial charge is 0.248 e. The number of hydrogen-bond donors (Lipinski definition) is 1. The van der Waals surface area contributed by atoms with Gasteiger partial charge in [0.05, 0.1) is 10.6 Å². The first-order valence-corrected chi connectivity index (χ1v) is 8.05. The van der Waals surface area contributed by atoms with Crippen molar-refractivity contribution in [2.75, 3.05) is 36.0 Å². The predicted molar refractivity (Wildman–Crippen MR) is 95.6 cm³/mol. The second-order valence-electron chi connectivity index (χ2n) is 5.66. The highest BCUT2D eigenvalue weighted by Crippen LogP contribution is 2.25. The molecular weight excluding hydrogens is 324 g/mol. The quantitative estimate of drug-likeness (QED) is 0.932. The lowest BCUT2D eigenvalue weighted by atomic mass is 10.1. The monoisotopic (exact) mass is 340 g/mol. The first kappa shape index (κ1) is 16.2. The number of piperazine rings is 1. The van der Waals surface area contributed by atoms with E-state index in [1.807, 2.05) is 24.3 Å². The van der Waals surface area contributed by atoms with E-state index < -0.39 is 5.91 Å². The summed E-state index contributed by atoms with van der Waals surface area (Å²) in [4.78, 5) is 15.7. The topological polar surface area (TPSA) is 73.4 Å². The average molecular weight is 341 g/mol. The minimum Gasteiger partial charge on any atom is -0.368 e. The van der Waals surface area contributed by atoms with E-state index in [1.165, 1.54) is 0 Å². The molecule has 1 saturated heterocycles. The van der Waals surface area contributed by atoms with Crippen molar-refractivity contribution >= 4 is 28.9 Å². The van der Waals surface area contributed by atoms with Gasteiger partial charge in [0.1, 0.15) is 6.07 Å². The Morgan fingerprint density at radius 1 is 1.00 bits per heavy atom. The van der Waals surface area contributed by atoms with Crippen LogP contribution in [0.2, 0.25) is 5.02 Å². The van der Waals surface area contributed by atoms with Crippen molar-refractivity contribution in [2.24, 2.45) is 5.73 Å². The predicted octanol–water partition coefficient (Wildman–Crippen LogP) is 2.64. The van der Waals surface area contributed by atoms with Crippen molar-refractivity contribution in [1.82, 2.24) is 0 Å².